The van der Waals surface area contributed by atoms with Gasteiger partial charge in [0.1, 0.15) is 0 Å². The summed E-state index contributed by atoms with van der Waals surface area (Å²) in [5.41, 5.74) is 1.68. The Balaban J connectivity index is 1.84. The number of hydrogen-bond acceptors (Lipinski definition) is 5. The van der Waals surface area contributed by atoms with E-state index < -0.39 is 5.97 Å². The van der Waals surface area contributed by atoms with Gasteiger partial charge in [-0.15, -0.1) is 11.3 Å². The zero-order valence-corrected chi connectivity index (χ0v) is 17.4. The lowest BCUT2D eigenvalue weighted by atomic mass is 10.1. The average molecular weight is 417 g/mol. The third kappa shape index (κ3) is 4.69. The lowest BCUT2D eigenvalue weighted by molar-refractivity contribution is -0.125. The number of carbonyl (C=O) groups is 2. The Morgan fingerprint density at radius 2 is 1.93 bits per heavy atom. The molecule has 3 aromatic rings. The number of aromatic nitrogens is 1. The number of benzene rings is 1. The number of amides is 1. The molecule has 0 aliphatic heterocycles. The van der Waals surface area contributed by atoms with Crippen molar-refractivity contribution in [1.82, 2.24) is 10.3 Å². The van der Waals surface area contributed by atoms with Crippen molar-refractivity contribution in [3.05, 3.63) is 52.4 Å². The first-order valence-corrected chi connectivity index (χ1v) is 10.2. The average Bonchev–Trinajstić information content (AvgIpc) is 3.11. The molecule has 7 heteroatoms. The molecule has 0 saturated heterocycles. The van der Waals surface area contributed by atoms with E-state index in [2.05, 4.69) is 10.3 Å². The standard InChI is InChI=1S/C21H21ClN2O3S/c1-12(2)13(3)23-20(25)11-27-21(26)15-10-17(18-8-9-19(22)28-18)24-16-7-5-4-6-14(15)16/h4-10,12-13H,11H2,1-3H3,(H,23,25)/t13-/m1/s1. The molecular weight excluding hydrogens is 396 g/mol. The summed E-state index contributed by atoms with van der Waals surface area (Å²) in [4.78, 5) is 30.2. The van der Waals surface area contributed by atoms with Gasteiger partial charge < -0.3 is 10.1 Å². The number of nitrogens with zero attached hydrogens (tertiary/aromatic N) is 1. The SMILES string of the molecule is CC(C)[C@@H](C)NC(=O)COC(=O)c1cc(-c2ccc(Cl)s2)nc2ccccc12. The third-order valence-corrected chi connectivity index (χ3v) is 5.74. The highest BCUT2D eigenvalue weighted by Gasteiger charge is 2.18. The van der Waals surface area contributed by atoms with Crippen molar-refractivity contribution in [3.8, 4) is 10.6 Å². The van der Waals surface area contributed by atoms with E-state index in [0.29, 0.717) is 32.4 Å². The van der Waals surface area contributed by atoms with E-state index in [-0.39, 0.29) is 18.6 Å². The first-order valence-electron chi connectivity index (χ1n) is 8.97. The smallest absolute Gasteiger partial charge is 0.339 e. The van der Waals surface area contributed by atoms with E-state index in [9.17, 15) is 9.59 Å². The molecule has 28 heavy (non-hydrogen) atoms. The van der Waals surface area contributed by atoms with Crippen LogP contribution >= 0.6 is 22.9 Å². The van der Waals surface area contributed by atoms with Crippen molar-refractivity contribution < 1.29 is 14.3 Å². The number of ether oxygens (including phenoxy) is 1. The maximum Gasteiger partial charge on any atom is 0.339 e. The van der Waals surface area contributed by atoms with Crippen LogP contribution in [0.5, 0.6) is 0 Å². The van der Waals surface area contributed by atoms with Crippen molar-refractivity contribution in [2.24, 2.45) is 5.92 Å². The molecule has 0 bridgehead atoms. The van der Waals surface area contributed by atoms with Gasteiger partial charge in [-0.1, -0.05) is 43.6 Å². The van der Waals surface area contributed by atoms with E-state index in [0.717, 1.165) is 4.88 Å². The molecule has 0 saturated carbocycles. The molecule has 1 N–H and O–H groups in total. The number of rotatable bonds is 6. The Hall–Kier alpha value is -2.44. The van der Waals surface area contributed by atoms with Crippen LogP contribution in [0, 0.1) is 5.92 Å². The zero-order chi connectivity index (χ0) is 20.3. The van der Waals surface area contributed by atoms with Gasteiger partial charge in [0.05, 0.1) is 26.0 Å². The van der Waals surface area contributed by atoms with Gasteiger partial charge in [-0.25, -0.2) is 9.78 Å². The minimum absolute atomic E-state index is 0.00290. The molecule has 0 aliphatic rings. The van der Waals surface area contributed by atoms with E-state index in [4.69, 9.17) is 16.3 Å². The Morgan fingerprint density at radius 3 is 2.61 bits per heavy atom. The van der Waals surface area contributed by atoms with Gasteiger partial charge >= 0.3 is 5.97 Å². The molecule has 1 aromatic carbocycles. The van der Waals surface area contributed by atoms with E-state index >= 15 is 0 Å². The second-order valence-corrected chi connectivity index (χ2v) is 8.57. The fourth-order valence-electron chi connectivity index (χ4n) is 2.59. The van der Waals surface area contributed by atoms with Gasteiger partial charge in [-0.2, -0.15) is 0 Å². The van der Waals surface area contributed by atoms with Crippen LogP contribution in [0.25, 0.3) is 21.5 Å². The Morgan fingerprint density at radius 1 is 1.18 bits per heavy atom. The summed E-state index contributed by atoms with van der Waals surface area (Å²) in [6.07, 6.45) is 0. The molecule has 0 spiro atoms. The van der Waals surface area contributed by atoms with Crippen LogP contribution in [0.3, 0.4) is 0 Å². The van der Waals surface area contributed by atoms with E-state index in [1.54, 1.807) is 12.1 Å². The minimum atomic E-state index is -0.560. The zero-order valence-electron chi connectivity index (χ0n) is 15.9. The van der Waals surface area contributed by atoms with Gasteiger partial charge in [0.25, 0.3) is 5.91 Å². The van der Waals surface area contributed by atoms with Crippen molar-refractivity contribution in [2.75, 3.05) is 6.61 Å². The lowest BCUT2D eigenvalue weighted by Gasteiger charge is -2.17. The molecule has 0 radical (unpaired) electrons. The fraction of sp³-hybridized carbons (Fsp3) is 0.286. The number of pyridine rings is 1. The molecule has 2 heterocycles. The van der Waals surface area contributed by atoms with Crippen molar-refractivity contribution in [1.29, 1.82) is 0 Å². The molecule has 2 aromatic heterocycles. The highest BCUT2D eigenvalue weighted by Crippen LogP contribution is 2.32. The number of para-hydroxylation sites is 1. The molecular formula is C21H21ClN2O3S. The summed E-state index contributed by atoms with van der Waals surface area (Å²) in [6, 6.07) is 12.7. The van der Waals surface area contributed by atoms with Crippen LogP contribution in [0.4, 0.5) is 0 Å². The molecule has 0 unspecified atom stereocenters. The van der Waals surface area contributed by atoms with Gasteiger partial charge in [0.2, 0.25) is 0 Å². The quantitative estimate of drug-likeness (QED) is 0.578. The van der Waals surface area contributed by atoms with Crippen molar-refractivity contribution in [2.45, 2.75) is 26.8 Å². The number of esters is 1. The second kappa shape index (κ2) is 8.71. The first kappa shape index (κ1) is 20.3. The molecule has 0 fully saturated rings. The minimum Gasteiger partial charge on any atom is -0.452 e. The summed E-state index contributed by atoms with van der Waals surface area (Å²) < 4.78 is 5.92. The predicted molar refractivity (Wildman–Crippen MR) is 113 cm³/mol. The van der Waals surface area contributed by atoms with Crippen LogP contribution < -0.4 is 5.32 Å². The number of halogens is 1. The van der Waals surface area contributed by atoms with Crippen molar-refractivity contribution >= 4 is 45.7 Å². The molecule has 0 aliphatic carbocycles. The lowest BCUT2D eigenvalue weighted by Crippen LogP contribution is -2.38. The Bertz CT molecular complexity index is 1020. The summed E-state index contributed by atoms with van der Waals surface area (Å²) in [7, 11) is 0. The summed E-state index contributed by atoms with van der Waals surface area (Å²) >= 11 is 7.42. The molecule has 1 atom stereocenters. The van der Waals surface area contributed by atoms with Crippen LogP contribution in [-0.4, -0.2) is 29.5 Å². The van der Waals surface area contributed by atoms with Crippen LogP contribution in [0.1, 0.15) is 31.1 Å². The number of fused-ring (bicyclic) bond motifs is 1. The molecule has 3 rings (SSSR count). The Labute approximate surface area is 172 Å². The summed E-state index contributed by atoms with van der Waals surface area (Å²) in [5.74, 6) is -0.586. The number of nitrogens with one attached hydrogen (secondary N) is 1. The predicted octanol–water partition coefficient (Wildman–Crippen LogP) is 4.93. The monoisotopic (exact) mass is 416 g/mol. The van der Waals surface area contributed by atoms with Crippen LogP contribution in [0.2, 0.25) is 4.34 Å². The first-order chi connectivity index (χ1) is 13.3. The largest absolute Gasteiger partial charge is 0.452 e. The van der Waals surface area contributed by atoms with Gasteiger partial charge in [-0.05, 0) is 37.1 Å². The fourth-order valence-corrected chi connectivity index (χ4v) is 3.60. The van der Waals surface area contributed by atoms with Gasteiger partial charge in [-0.3, -0.25) is 4.79 Å². The highest BCUT2D eigenvalue weighted by molar-refractivity contribution is 7.19. The van der Waals surface area contributed by atoms with E-state index in [1.165, 1.54) is 11.3 Å². The number of carbonyl (C=O) groups excluding carboxylic acids is 2. The maximum atomic E-state index is 12.7. The topological polar surface area (TPSA) is 68.3 Å². The van der Waals surface area contributed by atoms with Gasteiger partial charge in [0, 0.05) is 11.4 Å². The summed E-state index contributed by atoms with van der Waals surface area (Å²) in [5, 5.41) is 3.50. The molecule has 1 amide bonds. The molecule has 146 valence electrons. The normalized spacial score (nSPS) is 12.2. The second-order valence-electron chi connectivity index (χ2n) is 6.85. The number of thiophene rings is 1. The Kier molecular flexibility index (Phi) is 6.31. The van der Waals surface area contributed by atoms with Crippen molar-refractivity contribution in [3.63, 3.8) is 0 Å². The van der Waals surface area contributed by atoms with Crippen LogP contribution in [0.15, 0.2) is 42.5 Å². The van der Waals surface area contributed by atoms with Gasteiger partial charge in [0.15, 0.2) is 6.61 Å². The van der Waals surface area contributed by atoms with E-state index in [1.807, 2.05) is 51.1 Å². The highest BCUT2D eigenvalue weighted by atomic mass is 35.5. The summed E-state index contributed by atoms with van der Waals surface area (Å²) in [6.45, 7) is 5.61. The third-order valence-electron chi connectivity index (χ3n) is 4.48. The molecule has 5 nitrogen and oxygen atoms in total. The maximum absolute atomic E-state index is 12.7. The number of hydrogen-bond donors (Lipinski definition) is 1. The van der Waals surface area contributed by atoms with Crippen LogP contribution in [-0.2, 0) is 9.53 Å².